The predicted molar refractivity (Wildman–Crippen MR) is 69.4 cm³/mol. The van der Waals surface area contributed by atoms with Gasteiger partial charge >= 0.3 is 6.18 Å². The number of rotatable bonds is 3. The van der Waals surface area contributed by atoms with E-state index in [4.69, 9.17) is 11.6 Å². The van der Waals surface area contributed by atoms with E-state index in [-0.39, 0.29) is 14.2 Å². The third-order valence-corrected chi connectivity index (χ3v) is 5.22. The Bertz CT molecular complexity index is 711. The van der Waals surface area contributed by atoms with Crippen LogP contribution in [-0.4, -0.2) is 13.4 Å². The molecule has 0 amide bonds. The average molecular weight is 343 g/mol. The lowest BCUT2D eigenvalue weighted by molar-refractivity contribution is -0.141. The fraction of sp³-hybridized carbons (Fsp3) is 0.100. The highest BCUT2D eigenvalue weighted by atomic mass is 35.5. The highest BCUT2D eigenvalue weighted by Gasteiger charge is 2.32. The minimum Gasteiger partial charge on any atom is -0.277 e. The Morgan fingerprint density at radius 3 is 2.35 bits per heavy atom. The molecule has 0 saturated carbocycles. The summed E-state index contributed by atoms with van der Waals surface area (Å²) in [6.45, 7) is 0. The molecule has 0 aliphatic heterocycles. The zero-order valence-corrected chi connectivity index (χ0v) is 11.9. The molecule has 0 radical (unpaired) electrons. The Hall–Kier alpha value is -1.32. The molecule has 0 fully saturated rings. The van der Waals surface area contributed by atoms with E-state index in [1.165, 1.54) is 12.1 Å². The van der Waals surface area contributed by atoms with Crippen LogP contribution >= 0.6 is 22.9 Å². The van der Waals surface area contributed by atoms with Crippen LogP contribution in [0.5, 0.6) is 0 Å². The summed E-state index contributed by atoms with van der Waals surface area (Å²) in [5, 5.41) is 0. The predicted octanol–water partition coefficient (Wildman–Crippen LogP) is 3.62. The van der Waals surface area contributed by atoms with Crippen molar-refractivity contribution >= 4 is 38.6 Å². The van der Waals surface area contributed by atoms with E-state index in [1.54, 1.807) is 0 Å². The topological polar surface area (TPSA) is 59.1 Å². The van der Waals surface area contributed by atoms with E-state index in [9.17, 15) is 21.6 Å². The Kier molecular flexibility index (Phi) is 3.94. The van der Waals surface area contributed by atoms with Gasteiger partial charge in [-0.15, -0.1) is 11.3 Å². The summed E-state index contributed by atoms with van der Waals surface area (Å²) in [5.74, 6) is 0. The second kappa shape index (κ2) is 5.23. The molecule has 0 bridgehead atoms. The van der Waals surface area contributed by atoms with Crippen molar-refractivity contribution in [2.75, 3.05) is 4.72 Å². The summed E-state index contributed by atoms with van der Waals surface area (Å²) < 4.78 is 63.1. The quantitative estimate of drug-likeness (QED) is 0.926. The minimum absolute atomic E-state index is 0.0394. The van der Waals surface area contributed by atoms with Crippen LogP contribution in [-0.2, 0) is 16.2 Å². The van der Waals surface area contributed by atoms with Crippen molar-refractivity contribution in [2.45, 2.75) is 10.4 Å². The number of anilines is 1. The number of alkyl halides is 3. The van der Waals surface area contributed by atoms with Crippen molar-refractivity contribution in [2.24, 2.45) is 0 Å². The molecule has 0 aromatic carbocycles. The molecule has 10 heteroatoms. The molecular formula is C10H6ClF3N2O2S2. The molecule has 1 N–H and O–H groups in total. The van der Waals surface area contributed by atoms with Gasteiger partial charge in [-0.05, 0) is 24.3 Å². The molecule has 108 valence electrons. The summed E-state index contributed by atoms with van der Waals surface area (Å²) in [6, 6.07) is 4.39. The molecule has 20 heavy (non-hydrogen) atoms. The molecule has 0 saturated heterocycles. The second-order valence-corrected chi connectivity index (χ2v) is 7.22. The van der Waals surface area contributed by atoms with E-state index in [1.807, 2.05) is 0 Å². The normalized spacial score (nSPS) is 12.4. The maximum absolute atomic E-state index is 12.3. The summed E-state index contributed by atoms with van der Waals surface area (Å²) in [7, 11) is -3.88. The van der Waals surface area contributed by atoms with Crippen molar-refractivity contribution < 1.29 is 21.6 Å². The van der Waals surface area contributed by atoms with Crippen LogP contribution in [0.1, 0.15) is 5.69 Å². The van der Waals surface area contributed by atoms with E-state index in [0.29, 0.717) is 6.07 Å². The molecule has 2 aromatic rings. The van der Waals surface area contributed by atoms with Gasteiger partial charge in [-0.2, -0.15) is 13.2 Å². The highest BCUT2D eigenvalue weighted by Crippen LogP contribution is 2.29. The van der Waals surface area contributed by atoms with Crippen LogP contribution in [0, 0.1) is 0 Å². The van der Waals surface area contributed by atoms with Crippen molar-refractivity contribution in [3.63, 3.8) is 0 Å². The lowest BCUT2D eigenvalue weighted by atomic mass is 10.3. The van der Waals surface area contributed by atoms with Crippen molar-refractivity contribution in [3.05, 3.63) is 40.5 Å². The van der Waals surface area contributed by atoms with Crippen LogP contribution < -0.4 is 4.72 Å². The van der Waals surface area contributed by atoms with Crippen LogP contribution in [0.4, 0.5) is 18.9 Å². The Morgan fingerprint density at radius 1 is 1.20 bits per heavy atom. The van der Waals surface area contributed by atoms with Crippen LogP contribution in [0.2, 0.25) is 4.34 Å². The zero-order valence-electron chi connectivity index (χ0n) is 9.48. The van der Waals surface area contributed by atoms with Crippen molar-refractivity contribution in [1.29, 1.82) is 0 Å². The Morgan fingerprint density at radius 2 is 1.90 bits per heavy atom. The molecule has 0 spiro atoms. The maximum atomic E-state index is 12.3. The Balaban J connectivity index is 2.22. The average Bonchev–Trinajstić information content (AvgIpc) is 2.76. The number of thiophene rings is 1. The number of pyridine rings is 1. The van der Waals surface area contributed by atoms with Gasteiger partial charge in [-0.1, -0.05) is 11.6 Å². The molecule has 0 unspecified atom stereocenters. The van der Waals surface area contributed by atoms with Gasteiger partial charge in [0.05, 0.1) is 16.2 Å². The number of nitrogens with zero attached hydrogens (tertiary/aromatic N) is 1. The molecule has 2 rings (SSSR count). The van der Waals surface area contributed by atoms with E-state index in [0.717, 1.165) is 23.6 Å². The van der Waals surface area contributed by atoms with E-state index < -0.39 is 21.9 Å². The van der Waals surface area contributed by atoms with Gasteiger partial charge in [0, 0.05) is 0 Å². The first-order valence-corrected chi connectivity index (χ1v) is 7.68. The number of halogens is 4. The van der Waals surface area contributed by atoms with E-state index in [2.05, 4.69) is 9.71 Å². The standard InChI is InChI=1S/C10H6ClF3N2O2S2/c11-8-3-4-9(19-8)20(17,18)16-6-1-2-7(15-5-6)10(12,13)14/h1-5,16H. The number of aromatic nitrogens is 1. The molecule has 0 aliphatic carbocycles. The molecular weight excluding hydrogens is 337 g/mol. The molecule has 2 aromatic heterocycles. The van der Waals surface area contributed by atoms with Crippen molar-refractivity contribution in [3.8, 4) is 0 Å². The van der Waals surface area contributed by atoms with Crippen LogP contribution in [0.15, 0.2) is 34.7 Å². The molecule has 0 atom stereocenters. The fourth-order valence-electron chi connectivity index (χ4n) is 1.27. The van der Waals surface area contributed by atoms with Gasteiger partial charge < -0.3 is 0 Å². The van der Waals surface area contributed by atoms with Gasteiger partial charge in [-0.25, -0.2) is 13.4 Å². The fourth-order valence-corrected chi connectivity index (χ4v) is 3.80. The maximum Gasteiger partial charge on any atom is 0.433 e. The van der Waals surface area contributed by atoms with Crippen molar-refractivity contribution in [1.82, 2.24) is 4.98 Å². The number of nitrogens with one attached hydrogen (secondary N) is 1. The second-order valence-electron chi connectivity index (χ2n) is 3.59. The van der Waals surface area contributed by atoms with Gasteiger partial charge in [0.15, 0.2) is 0 Å². The molecule has 0 aliphatic rings. The van der Waals surface area contributed by atoms with Gasteiger partial charge in [0.2, 0.25) is 0 Å². The summed E-state index contributed by atoms with van der Waals surface area (Å²) in [6.07, 6.45) is -3.77. The van der Waals surface area contributed by atoms with Gasteiger partial charge in [0.1, 0.15) is 9.90 Å². The first-order chi connectivity index (χ1) is 9.18. The third kappa shape index (κ3) is 3.41. The highest BCUT2D eigenvalue weighted by molar-refractivity contribution is 7.94. The summed E-state index contributed by atoms with van der Waals surface area (Å²) in [4.78, 5) is 3.16. The number of sulfonamides is 1. The first kappa shape index (κ1) is 15.1. The van der Waals surface area contributed by atoms with Crippen LogP contribution in [0.25, 0.3) is 0 Å². The summed E-state index contributed by atoms with van der Waals surface area (Å²) >= 11 is 6.47. The zero-order chi connectivity index (χ0) is 15.0. The SMILES string of the molecule is O=S(=O)(Nc1ccc(C(F)(F)F)nc1)c1ccc(Cl)s1. The third-order valence-electron chi connectivity index (χ3n) is 2.12. The lowest BCUT2D eigenvalue weighted by Gasteiger charge is -2.08. The molecule has 2 heterocycles. The van der Waals surface area contributed by atoms with Gasteiger partial charge in [0.25, 0.3) is 10.0 Å². The summed E-state index contributed by atoms with van der Waals surface area (Å²) in [5.41, 5.74) is -1.16. The monoisotopic (exact) mass is 342 g/mol. The number of hydrogen-bond acceptors (Lipinski definition) is 4. The van der Waals surface area contributed by atoms with Gasteiger partial charge in [-0.3, -0.25) is 4.72 Å². The lowest BCUT2D eigenvalue weighted by Crippen LogP contribution is -2.13. The minimum atomic E-state index is -4.57. The smallest absolute Gasteiger partial charge is 0.277 e. The molecule has 4 nitrogen and oxygen atoms in total. The largest absolute Gasteiger partial charge is 0.433 e. The first-order valence-electron chi connectivity index (χ1n) is 5.00. The van der Waals surface area contributed by atoms with E-state index >= 15 is 0 Å². The number of hydrogen-bond donors (Lipinski definition) is 1. The Labute approximate surface area is 121 Å². The van der Waals surface area contributed by atoms with Crippen LogP contribution in [0.3, 0.4) is 0 Å².